The van der Waals surface area contributed by atoms with E-state index < -0.39 is 0 Å². The van der Waals surface area contributed by atoms with Gasteiger partial charge in [-0.25, -0.2) is 0 Å². The Bertz CT molecular complexity index is 1420. The lowest BCUT2D eigenvalue weighted by Crippen LogP contribution is -2.50. The number of nitrogens with zero attached hydrogens (tertiary/aromatic N) is 4. The number of anilines is 1. The van der Waals surface area contributed by atoms with E-state index in [-0.39, 0.29) is 18.3 Å². The molecule has 1 aliphatic heterocycles. The van der Waals surface area contributed by atoms with Crippen LogP contribution < -0.4 is 9.64 Å². The summed E-state index contributed by atoms with van der Waals surface area (Å²) in [7, 11) is 0. The van der Waals surface area contributed by atoms with E-state index in [1.807, 2.05) is 36.4 Å². The van der Waals surface area contributed by atoms with Crippen LogP contribution in [0.1, 0.15) is 15.9 Å². The van der Waals surface area contributed by atoms with Gasteiger partial charge >= 0.3 is 0 Å². The number of piperazine rings is 1. The average Bonchev–Trinajstić information content (AvgIpc) is 2.96. The summed E-state index contributed by atoms with van der Waals surface area (Å²) >= 11 is 12.3. The Kier molecular flexibility index (Phi) is 7.86. The van der Waals surface area contributed by atoms with Gasteiger partial charge in [-0.15, -0.1) is 10.2 Å². The molecule has 4 aromatic rings. The second kappa shape index (κ2) is 11.6. The van der Waals surface area contributed by atoms with Gasteiger partial charge in [-0.1, -0.05) is 53.5 Å². The van der Waals surface area contributed by atoms with Crippen molar-refractivity contribution in [2.24, 2.45) is 0 Å². The van der Waals surface area contributed by atoms with Crippen LogP contribution in [0.2, 0.25) is 10.0 Å². The van der Waals surface area contributed by atoms with Gasteiger partial charge in [0.2, 0.25) is 0 Å². The minimum atomic E-state index is -0.0899. The van der Waals surface area contributed by atoms with Gasteiger partial charge in [-0.3, -0.25) is 9.59 Å². The Hall–Kier alpha value is -3.94. The molecule has 0 bridgehead atoms. The maximum absolute atomic E-state index is 12.7. The zero-order chi connectivity index (χ0) is 26.5. The van der Waals surface area contributed by atoms with Gasteiger partial charge in [-0.2, -0.15) is 0 Å². The molecule has 38 heavy (non-hydrogen) atoms. The van der Waals surface area contributed by atoms with Gasteiger partial charge in [0, 0.05) is 47.9 Å². The van der Waals surface area contributed by atoms with Gasteiger partial charge in [0.05, 0.1) is 10.7 Å². The van der Waals surface area contributed by atoms with E-state index in [4.69, 9.17) is 27.9 Å². The molecular formula is C29H24Cl2N4O3. The molecule has 0 aliphatic carbocycles. The number of hydrogen-bond acceptors (Lipinski definition) is 6. The second-order valence-electron chi connectivity index (χ2n) is 8.78. The Morgan fingerprint density at radius 3 is 2.16 bits per heavy atom. The predicted octanol–water partition coefficient (Wildman–Crippen LogP) is 5.41. The van der Waals surface area contributed by atoms with Crippen LogP contribution in [0.4, 0.5) is 5.82 Å². The van der Waals surface area contributed by atoms with Crippen molar-refractivity contribution in [2.45, 2.75) is 0 Å². The lowest BCUT2D eigenvalue weighted by atomic mass is 10.0. The van der Waals surface area contributed by atoms with Crippen molar-refractivity contribution >= 4 is 40.7 Å². The SMILES string of the molecule is O=C(c1ccccc1)c1ccc(OCC(=O)N2CCN(c3ccc(-c4ccc(Cl)cc4Cl)nn3)CC2)cc1. The maximum atomic E-state index is 12.7. The largest absolute Gasteiger partial charge is 0.484 e. The van der Waals surface area contributed by atoms with E-state index in [9.17, 15) is 9.59 Å². The number of carbonyl (C=O) groups excluding carboxylic acids is 2. The van der Waals surface area contributed by atoms with E-state index >= 15 is 0 Å². The Morgan fingerprint density at radius 1 is 0.789 bits per heavy atom. The highest BCUT2D eigenvalue weighted by Gasteiger charge is 2.23. The number of rotatable bonds is 7. The third kappa shape index (κ3) is 5.96. The summed E-state index contributed by atoms with van der Waals surface area (Å²) in [5.41, 5.74) is 2.63. The number of ketones is 1. The van der Waals surface area contributed by atoms with Crippen LogP contribution in [0.15, 0.2) is 84.9 Å². The van der Waals surface area contributed by atoms with Crippen LogP contribution in [0, 0.1) is 0 Å². The number of ether oxygens (including phenoxy) is 1. The highest BCUT2D eigenvalue weighted by atomic mass is 35.5. The van der Waals surface area contributed by atoms with Crippen LogP contribution >= 0.6 is 23.2 Å². The van der Waals surface area contributed by atoms with E-state index in [1.165, 1.54) is 0 Å². The van der Waals surface area contributed by atoms with E-state index in [0.717, 1.165) is 11.4 Å². The van der Waals surface area contributed by atoms with E-state index in [2.05, 4.69) is 15.1 Å². The third-order valence-electron chi connectivity index (χ3n) is 6.33. The zero-order valence-corrected chi connectivity index (χ0v) is 21.9. The van der Waals surface area contributed by atoms with Crippen molar-refractivity contribution in [3.8, 4) is 17.0 Å². The molecule has 0 N–H and O–H groups in total. The summed E-state index contributed by atoms with van der Waals surface area (Å²) < 4.78 is 5.69. The summed E-state index contributed by atoms with van der Waals surface area (Å²) in [4.78, 5) is 29.1. The molecule has 2 heterocycles. The fourth-order valence-corrected chi connectivity index (χ4v) is 4.72. The van der Waals surface area contributed by atoms with Crippen LogP contribution in [0.3, 0.4) is 0 Å². The average molecular weight is 547 g/mol. The molecule has 1 fully saturated rings. The number of hydrogen-bond donors (Lipinski definition) is 0. The van der Waals surface area contributed by atoms with Gasteiger partial charge in [-0.05, 0) is 54.6 Å². The Morgan fingerprint density at radius 2 is 1.50 bits per heavy atom. The maximum Gasteiger partial charge on any atom is 0.260 e. The molecule has 0 spiro atoms. The fraction of sp³-hybridized carbons (Fsp3) is 0.172. The van der Waals surface area contributed by atoms with E-state index in [0.29, 0.717) is 58.8 Å². The monoisotopic (exact) mass is 546 g/mol. The molecule has 0 saturated carbocycles. The van der Waals surface area contributed by atoms with Gasteiger partial charge in [0.25, 0.3) is 5.91 Å². The normalized spacial score (nSPS) is 13.3. The van der Waals surface area contributed by atoms with Gasteiger partial charge in [0.15, 0.2) is 18.2 Å². The molecule has 0 unspecified atom stereocenters. The Balaban J connectivity index is 1.11. The molecule has 1 aliphatic rings. The van der Waals surface area contributed by atoms with Crippen LogP contribution in [-0.2, 0) is 4.79 Å². The zero-order valence-electron chi connectivity index (χ0n) is 20.4. The predicted molar refractivity (Wildman–Crippen MR) is 148 cm³/mol. The lowest BCUT2D eigenvalue weighted by molar-refractivity contribution is -0.133. The number of aromatic nitrogens is 2. The molecule has 7 nitrogen and oxygen atoms in total. The minimum Gasteiger partial charge on any atom is -0.484 e. The molecule has 1 amide bonds. The molecular weight excluding hydrogens is 523 g/mol. The number of halogens is 2. The van der Waals surface area contributed by atoms with Crippen LogP contribution in [0.5, 0.6) is 5.75 Å². The number of amides is 1. The first-order valence-corrected chi connectivity index (χ1v) is 12.9. The van der Waals surface area contributed by atoms with E-state index in [1.54, 1.807) is 53.4 Å². The third-order valence-corrected chi connectivity index (χ3v) is 6.88. The van der Waals surface area contributed by atoms with Crippen molar-refractivity contribution in [1.29, 1.82) is 0 Å². The van der Waals surface area contributed by atoms with Crippen LogP contribution in [-0.4, -0.2) is 59.6 Å². The first-order valence-electron chi connectivity index (χ1n) is 12.1. The van der Waals surface area contributed by atoms with Crippen molar-refractivity contribution < 1.29 is 14.3 Å². The first kappa shape index (κ1) is 25.7. The van der Waals surface area contributed by atoms with Crippen LogP contribution in [0.25, 0.3) is 11.3 Å². The fourth-order valence-electron chi connectivity index (χ4n) is 4.21. The van der Waals surface area contributed by atoms with Gasteiger partial charge < -0.3 is 14.5 Å². The topological polar surface area (TPSA) is 75.6 Å². The number of carbonyl (C=O) groups is 2. The van der Waals surface area contributed by atoms with Crippen molar-refractivity contribution in [3.05, 3.63) is 106 Å². The molecule has 3 aromatic carbocycles. The molecule has 0 radical (unpaired) electrons. The number of benzene rings is 3. The standard InChI is InChI=1S/C29H24Cl2N4O3/c30-22-8-11-24(25(31)18-22)26-12-13-27(33-32-26)34-14-16-35(17-15-34)28(36)19-38-23-9-6-21(7-10-23)29(37)20-4-2-1-3-5-20/h1-13,18H,14-17,19H2. The first-order chi connectivity index (χ1) is 18.5. The molecule has 9 heteroatoms. The van der Waals surface area contributed by atoms with Crippen molar-refractivity contribution in [3.63, 3.8) is 0 Å². The van der Waals surface area contributed by atoms with Crippen molar-refractivity contribution in [1.82, 2.24) is 15.1 Å². The highest BCUT2D eigenvalue weighted by Crippen LogP contribution is 2.29. The summed E-state index contributed by atoms with van der Waals surface area (Å²) in [6.07, 6.45) is 0. The molecule has 5 rings (SSSR count). The molecule has 1 saturated heterocycles. The molecule has 192 valence electrons. The smallest absolute Gasteiger partial charge is 0.260 e. The van der Waals surface area contributed by atoms with Crippen molar-refractivity contribution in [2.75, 3.05) is 37.7 Å². The second-order valence-corrected chi connectivity index (χ2v) is 9.62. The summed E-state index contributed by atoms with van der Waals surface area (Å²) in [6.45, 7) is 2.32. The summed E-state index contributed by atoms with van der Waals surface area (Å²) in [6, 6.07) is 25.0. The quantitative estimate of drug-likeness (QED) is 0.288. The molecule has 1 aromatic heterocycles. The Labute approximate surface area is 230 Å². The summed E-state index contributed by atoms with van der Waals surface area (Å²) in [5.74, 6) is 1.14. The minimum absolute atomic E-state index is 0.0563. The van der Waals surface area contributed by atoms with Gasteiger partial charge in [0.1, 0.15) is 5.75 Å². The summed E-state index contributed by atoms with van der Waals surface area (Å²) in [5, 5.41) is 9.77. The highest BCUT2D eigenvalue weighted by molar-refractivity contribution is 6.36. The molecule has 0 atom stereocenters. The lowest BCUT2D eigenvalue weighted by Gasteiger charge is -2.35.